The second kappa shape index (κ2) is 8.70. The first-order chi connectivity index (χ1) is 11.1. The first kappa shape index (κ1) is 19.0. The zero-order chi connectivity index (χ0) is 16.2. The molecule has 0 unspecified atom stereocenters. The predicted molar refractivity (Wildman–Crippen MR) is 104 cm³/mol. The number of halogens is 3. The Kier molecular flexibility index (Phi) is 6.90. The summed E-state index contributed by atoms with van der Waals surface area (Å²) in [5.41, 5.74) is 6.93. The molecule has 3 rings (SSSR count). The lowest BCUT2D eigenvalue weighted by Gasteiger charge is -2.06. The topological polar surface area (TPSA) is 63.3 Å². The molecule has 2 aromatic rings. The summed E-state index contributed by atoms with van der Waals surface area (Å²) >= 11 is 1.74. The Morgan fingerprint density at radius 2 is 2.08 bits per heavy atom. The van der Waals surface area contributed by atoms with Gasteiger partial charge in [-0.2, -0.15) is 0 Å². The van der Waals surface area contributed by atoms with Gasteiger partial charge in [-0.3, -0.25) is 4.99 Å². The summed E-state index contributed by atoms with van der Waals surface area (Å²) in [6.07, 6.45) is 5.34. The Morgan fingerprint density at radius 3 is 2.88 bits per heavy atom. The van der Waals surface area contributed by atoms with Gasteiger partial charge in [-0.25, -0.2) is 13.8 Å². The molecule has 0 saturated heterocycles. The van der Waals surface area contributed by atoms with Crippen LogP contribution in [0.25, 0.3) is 0 Å². The van der Waals surface area contributed by atoms with Gasteiger partial charge in [0.25, 0.3) is 0 Å². The van der Waals surface area contributed by atoms with E-state index in [1.54, 1.807) is 11.3 Å². The van der Waals surface area contributed by atoms with Gasteiger partial charge < -0.3 is 11.1 Å². The van der Waals surface area contributed by atoms with E-state index >= 15 is 0 Å². The van der Waals surface area contributed by atoms with Gasteiger partial charge in [0.2, 0.25) is 0 Å². The normalized spacial score (nSPS) is 14.0. The number of hydrogen-bond acceptors (Lipinski definition) is 3. The molecule has 130 valence electrons. The van der Waals surface area contributed by atoms with Gasteiger partial charge in [0, 0.05) is 23.9 Å². The second-order valence-electron chi connectivity index (χ2n) is 5.45. The summed E-state index contributed by atoms with van der Waals surface area (Å²) in [5.74, 6) is -1.04. The molecule has 3 N–H and O–H groups in total. The Hall–Kier alpha value is -1.29. The van der Waals surface area contributed by atoms with Gasteiger partial charge in [-0.1, -0.05) is 0 Å². The number of nitrogens with two attached hydrogens (primary N) is 1. The lowest BCUT2D eigenvalue weighted by molar-refractivity contribution is 0.604. The van der Waals surface area contributed by atoms with Crippen molar-refractivity contribution in [1.82, 2.24) is 4.98 Å². The molecule has 0 amide bonds. The number of anilines is 1. The number of aryl methyl sites for hydroxylation is 2. The number of guanidine groups is 1. The molecule has 1 aromatic carbocycles. The minimum Gasteiger partial charge on any atom is -0.370 e. The van der Waals surface area contributed by atoms with E-state index in [2.05, 4.69) is 15.3 Å². The third-order valence-electron chi connectivity index (χ3n) is 3.69. The molecule has 0 fully saturated rings. The van der Waals surface area contributed by atoms with E-state index in [1.807, 2.05) is 0 Å². The lowest BCUT2D eigenvalue weighted by atomic mass is 10.0. The average molecular weight is 464 g/mol. The van der Waals surface area contributed by atoms with Crippen molar-refractivity contribution in [3.63, 3.8) is 0 Å². The molecule has 4 nitrogen and oxygen atoms in total. The Morgan fingerprint density at radius 1 is 1.29 bits per heavy atom. The highest BCUT2D eigenvalue weighted by Crippen LogP contribution is 2.26. The lowest BCUT2D eigenvalue weighted by Crippen LogP contribution is -2.23. The molecule has 0 saturated carbocycles. The van der Waals surface area contributed by atoms with Crippen molar-refractivity contribution in [2.24, 2.45) is 10.7 Å². The Balaban J connectivity index is 0.00000208. The van der Waals surface area contributed by atoms with E-state index in [0.29, 0.717) is 13.0 Å². The molecule has 0 aliphatic heterocycles. The van der Waals surface area contributed by atoms with Crippen LogP contribution in [0.5, 0.6) is 0 Å². The number of thiazole rings is 1. The molecule has 1 heterocycles. The predicted octanol–water partition coefficient (Wildman–Crippen LogP) is 3.89. The van der Waals surface area contributed by atoms with Crippen molar-refractivity contribution < 1.29 is 8.78 Å². The first-order valence-electron chi connectivity index (χ1n) is 7.61. The van der Waals surface area contributed by atoms with E-state index in [9.17, 15) is 8.78 Å². The van der Waals surface area contributed by atoms with Crippen LogP contribution in [0.1, 0.15) is 28.4 Å². The van der Waals surface area contributed by atoms with Crippen LogP contribution in [0.3, 0.4) is 0 Å². The van der Waals surface area contributed by atoms with Crippen LogP contribution in [-0.4, -0.2) is 17.5 Å². The minimum atomic E-state index is -0.572. The molecule has 1 aromatic heterocycles. The van der Waals surface area contributed by atoms with Gasteiger partial charge >= 0.3 is 0 Å². The number of nitrogens with one attached hydrogen (secondary N) is 1. The van der Waals surface area contributed by atoms with E-state index in [0.717, 1.165) is 36.0 Å². The third kappa shape index (κ3) is 4.85. The molecule has 1 aliphatic carbocycles. The fourth-order valence-electron chi connectivity index (χ4n) is 2.56. The number of nitrogens with zero attached hydrogens (tertiary/aromatic N) is 2. The van der Waals surface area contributed by atoms with Crippen molar-refractivity contribution in [2.45, 2.75) is 32.1 Å². The molecule has 1 aliphatic rings. The molecule has 0 spiro atoms. The summed E-state index contributed by atoms with van der Waals surface area (Å²) in [4.78, 5) is 10.2. The smallest absolute Gasteiger partial charge is 0.193 e. The summed E-state index contributed by atoms with van der Waals surface area (Å²) in [5, 5.41) is 3.64. The Bertz CT molecular complexity index is 709. The monoisotopic (exact) mass is 464 g/mol. The third-order valence-corrected chi connectivity index (χ3v) is 4.91. The molecule has 0 radical (unpaired) electrons. The molecule has 24 heavy (non-hydrogen) atoms. The maximum absolute atomic E-state index is 13.5. The largest absolute Gasteiger partial charge is 0.370 e. The zero-order valence-corrected chi connectivity index (χ0v) is 16.2. The molecule has 8 heteroatoms. The van der Waals surface area contributed by atoms with Gasteiger partial charge in [-0.05, 0) is 37.8 Å². The number of aromatic nitrogens is 1. The molecular formula is C16H19F2IN4S. The first-order valence-corrected chi connectivity index (χ1v) is 8.43. The van der Waals surface area contributed by atoms with Gasteiger partial charge in [-0.15, -0.1) is 35.3 Å². The van der Waals surface area contributed by atoms with Gasteiger partial charge in [0.05, 0.1) is 16.4 Å². The summed E-state index contributed by atoms with van der Waals surface area (Å²) in [6, 6.07) is 3.15. The van der Waals surface area contributed by atoms with Crippen LogP contribution in [0.2, 0.25) is 0 Å². The summed E-state index contributed by atoms with van der Waals surface area (Å²) in [6.45, 7) is 0.460. The fraction of sp³-hybridized carbons (Fsp3) is 0.375. The maximum Gasteiger partial charge on any atom is 0.193 e. The Labute approximate surface area is 160 Å². The molecule has 0 bridgehead atoms. The van der Waals surface area contributed by atoms with Crippen molar-refractivity contribution >= 4 is 47.0 Å². The average Bonchev–Trinajstić information content (AvgIpc) is 2.93. The number of hydrogen-bond donors (Lipinski definition) is 2. The standard InChI is InChI=1S/C16H18F2N4S.HI/c17-10-5-6-11(18)13(9-10)22-16(19)20-8-7-15-21-12-3-1-2-4-14(12)23-15;/h5-6,9H,1-4,7-8H2,(H3,19,20,22);1H. The number of aliphatic imine (C=N–C) groups is 1. The van der Waals surface area contributed by atoms with Gasteiger partial charge in [0.1, 0.15) is 11.6 Å². The van der Waals surface area contributed by atoms with Crippen molar-refractivity contribution in [2.75, 3.05) is 11.9 Å². The highest BCUT2D eigenvalue weighted by molar-refractivity contribution is 14.0. The van der Waals surface area contributed by atoms with Crippen LogP contribution in [-0.2, 0) is 19.3 Å². The van der Waals surface area contributed by atoms with Crippen LogP contribution >= 0.6 is 35.3 Å². The van der Waals surface area contributed by atoms with Crippen molar-refractivity contribution in [3.8, 4) is 0 Å². The highest BCUT2D eigenvalue weighted by atomic mass is 127. The van der Waals surface area contributed by atoms with E-state index in [-0.39, 0.29) is 35.6 Å². The molecule has 0 atom stereocenters. The van der Waals surface area contributed by atoms with E-state index in [1.165, 1.54) is 23.4 Å². The van der Waals surface area contributed by atoms with Crippen LogP contribution in [0, 0.1) is 11.6 Å². The van der Waals surface area contributed by atoms with Gasteiger partial charge in [0.15, 0.2) is 5.96 Å². The SMILES string of the molecule is I.NC(=NCCc1nc2c(s1)CCCC2)Nc1cc(F)ccc1F. The number of rotatable bonds is 4. The van der Waals surface area contributed by atoms with Crippen LogP contribution in [0.4, 0.5) is 14.5 Å². The van der Waals surface area contributed by atoms with Crippen molar-refractivity contribution in [3.05, 3.63) is 45.4 Å². The van der Waals surface area contributed by atoms with Crippen LogP contribution < -0.4 is 11.1 Å². The van der Waals surface area contributed by atoms with E-state index < -0.39 is 11.6 Å². The fourth-order valence-corrected chi connectivity index (χ4v) is 3.70. The maximum atomic E-state index is 13.5. The minimum absolute atomic E-state index is 0. The molecular weight excluding hydrogens is 445 g/mol. The van der Waals surface area contributed by atoms with Crippen molar-refractivity contribution in [1.29, 1.82) is 0 Å². The highest BCUT2D eigenvalue weighted by Gasteiger charge is 2.14. The van der Waals surface area contributed by atoms with Crippen LogP contribution in [0.15, 0.2) is 23.2 Å². The number of fused-ring (bicyclic) bond motifs is 1. The van der Waals surface area contributed by atoms with E-state index in [4.69, 9.17) is 5.73 Å². The summed E-state index contributed by atoms with van der Waals surface area (Å²) < 4.78 is 26.6. The summed E-state index contributed by atoms with van der Waals surface area (Å²) in [7, 11) is 0. The number of benzene rings is 1. The second-order valence-corrected chi connectivity index (χ2v) is 6.62. The zero-order valence-electron chi connectivity index (χ0n) is 13.0. The quantitative estimate of drug-likeness (QED) is 0.410.